The van der Waals surface area contributed by atoms with E-state index in [-0.39, 0.29) is 0 Å². The summed E-state index contributed by atoms with van der Waals surface area (Å²) in [4.78, 5) is 2.50. The minimum Gasteiger partial charge on any atom is -0.389 e. The summed E-state index contributed by atoms with van der Waals surface area (Å²) in [6.07, 6.45) is 1.86. The molecular weight excluding hydrogens is 314 g/mol. The SMILES string of the molecule is CCC(CC)N(CC(C)C)c1ccc(C(C)O)c(Br)c1. The molecule has 0 saturated heterocycles. The van der Waals surface area contributed by atoms with E-state index in [9.17, 15) is 5.11 Å². The predicted octanol–water partition coefficient (Wildman–Crippen LogP) is 5.15. The first-order valence-corrected chi connectivity index (χ1v) is 8.44. The molecule has 1 rings (SSSR count). The summed E-state index contributed by atoms with van der Waals surface area (Å²) >= 11 is 3.59. The van der Waals surface area contributed by atoms with Gasteiger partial charge in [-0.25, -0.2) is 0 Å². The number of aliphatic hydroxyl groups is 1. The van der Waals surface area contributed by atoms with Crippen LogP contribution in [0, 0.1) is 5.92 Å². The molecule has 0 aliphatic heterocycles. The molecule has 0 saturated carbocycles. The summed E-state index contributed by atoms with van der Waals surface area (Å²) in [6.45, 7) is 11.9. The Balaban J connectivity index is 3.10. The molecule has 0 spiro atoms. The van der Waals surface area contributed by atoms with E-state index in [0.717, 1.165) is 29.4 Å². The maximum atomic E-state index is 9.74. The quantitative estimate of drug-likeness (QED) is 0.740. The van der Waals surface area contributed by atoms with Crippen molar-refractivity contribution >= 4 is 21.6 Å². The van der Waals surface area contributed by atoms with Crippen molar-refractivity contribution in [3.8, 4) is 0 Å². The van der Waals surface area contributed by atoms with Crippen LogP contribution in [0.4, 0.5) is 5.69 Å². The van der Waals surface area contributed by atoms with Gasteiger partial charge in [-0.05, 0) is 43.4 Å². The molecule has 0 aliphatic carbocycles. The lowest BCUT2D eigenvalue weighted by molar-refractivity contribution is 0.198. The lowest BCUT2D eigenvalue weighted by atomic mass is 10.0. The Kier molecular flexibility index (Phi) is 7.04. The first kappa shape index (κ1) is 17.5. The van der Waals surface area contributed by atoms with Gasteiger partial charge >= 0.3 is 0 Å². The fourth-order valence-electron chi connectivity index (χ4n) is 2.62. The van der Waals surface area contributed by atoms with Crippen LogP contribution in [0.15, 0.2) is 22.7 Å². The molecule has 0 aromatic heterocycles. The second-order valence-corrected chi connectivity index (χ2v) is 6.75. The number of aliphatic hydroxyl groups excluding tert-OH is 1. The highest BCUT2D eigenvalue weighted by molar-refractivity contribution is 9.10. The molecule has 0 fully saturated rings. The zero-order valence-corrected chi connectivity index (χ0v) is 14.9. The normalized spacial score (nSPS) is 13.1. The molecule has 1 N–H and O–H groups in total. The molecule has 0 amide bonds. The summed E-state index contributed by atoms with van der Waals surface area (Å²) in [6, 6.07) is 6.87. The molecule has 1 unspecified atom stereocenters. The van der Waals surface area contributed by atoms with Gasteiger partial charge in [-0.2, -0.15) is 0 Å². The van der Waals surface area contributed by atoms with E-state index in [0.29, 0.717) is 12.0 Å². The molecule has 0 radical (unpaired) electrons. The molecule has 1 atom stereocenters. The van der Waals surface area contributed by atoms with Crippen molar-refractivity contribution < 1.29 is 5.11 Å². The van der Waals surface area contributed by atoms with E-state index in [2.05, 4.69) is 60.7 Å². The fraction of sp³-hybridized carbons (Fsp3) is 0.647. The molecule has 0 bridgehead atoms. The second kappa shape index (κ2) is 8.04. The molecule has 3 heteroatoms. The summed E-state index contributed by atoms with van der Waals surface area (Å²) in [5, 5.41) is 9.74. The van der Waals surface area contributed by atoms with Crippen molar-refractivity contribution in [2.45, 2.75) is 59.6 Å². The zero-order chi connectivity index (χ0) is 15.3. The molecular formula is C17H28BrNO. The van der Waals surface area contributed by atoms with Crippen molar-refractivity contribution in [1.29, 1.82) is 0 Å². The third kappa shape index (κ3) is 4.49. The van der Waals surface area contributed by atoms with E-state index in [1.54, 1.807) is 6.92 Å². The molecule has 114 valence electrons. The average molecular weight is 342 g/mol. The van der Waals surface area contributed by atoms with Crippen LogP contribution in [0.2, 0.25) is 0 Å². The van der Waals surface area contributed by atoms with Gasteiger partial charge in [0.1, 0.15) is 0 Å². The first-order valence-electron chi connectivity index (χ1n) is 7.64. The number of rotatable bonds is 7. The van der Waals surface area contributed by atoms with Crippen LogP contribution in [0.3, 0.4) is 0 Å². The van der Waals surface area contributed by atoms with Gasteiger partial charge in [0.05, 0.1) is 6.10 Å². The Morgan fingerprint density at radius 2 is 1.75 bits per heavy atom. The van der Waals surface area contributed by atoms with Gasteiger partial charge in [-0.15, -0.1) is 0 Å². The number of hydrogen-bond donors (Lipinski definition) is 1. The van der Waals surface area contributed by atoms with Gasteiger partial charge < -0.3 is 10.0 Å². The Morgan fingerprint density at radius 1 is 1.15 bits per heavy atom. The van der Waals surface area contributed by atoms with Gasteiger partial charge in [0.25, 0.3) is 0 Å². The van der Waals surface area contributed by atoms with Crippen molar-refractivity contribution in [2.24, 2.45) is 5.92 Å². The Bertz CT molecular complexity index is 413. The van der Waals surface area contributed by atoms with Gasteiger partial charge in [0, 0.05) is 22.7 Å². The van der Waals surface area contributed by atoms with Crippen LogP contribution in [-0.2, 0) is 0 Å². The van der Waals surface area contributed by atoms with E-state index in [1.165, 1.54) is 5.69 Å². The van der Waals surface area contributed by atoms with E-state index >= 15 is 0 Å². The standard InChI is InChI=1S/C17H28BrNO/c1-6-14(7-2)19(11-12(3)4)15-8-9-16(13(5)20)17(18)10-15/h8-10,12-14,20H,6-7,11H2,1-5H3. The lowest BCUT2D eigenvalue weighted by Crippen LogP contribution is -2.37. The van der Waals surface area contributed by atoms with Gasteiger partial charge in [-0.3, -0.25) is 0 Å². The predicted molar refractivity (Wildman–Crippen MR) is 91.3 cm³/mol. The zero-order valence-electron chi connectivity index (χ0n) is 13.4. The number of benzene rings is 1. The molecule has 1 aromatic carbocycles. The highest BCUT2D eigenvalue weighted by Crippen LogP contribution is 2.30. The third-order valence-corrected chi connectivity index (χ3v) is 4.40. The van der Waals surface area contributed by atoms with Crippen molar-refractivity contribution in [1.82, 2.24) is 0 Å². The monoisotopic (exact) mass is 341 g/mol. The first-order chi connectivity index (χ1) is 9.40. The lowest BCUT2D eigenvalue weighted by Gasteiger charge is -2.34. The smallest absolute Gasteiger partial charge is 0.0772 e. The van der Waals surface area contributed by atoms with E-state index < -0.39 is 6.10 Å². The third-order valence-electron chi connectivity index (χ3n) is 3.71. The maximum absolute atomic E-state index is 9.74. The van der Waals surface area contributed by atoms with Gasteiger partial charge in [0.2, 0.25) is 0 Å². The summed E-state index contributed by atoms with van der Waals surface area (Å²) in [7, 11) is 0. The van der Waals surface area contributed by atoms with Crippen LogP contribution < -0.4 is 4.90 Å². The Labute approximate surface area is 132 Å². The van der Waals surface area contributed by atoms with Crippen molar-refractivity contribution in [3.05, 3.63) is 28.2 Å². The number of halogens is 1. The molecule has 0 heterocycles. The summed E-state index contributed by atoms with van der Waals surface area (Å²) in [5.41, 5.74) is 2.19. The minimum atomic E-state index is -0.440. The number of anilines is 1. The van der Waals surface area contributed by atoms with Crippen LogP contribution in [0.5, 0.6) is 0 Å². The minimum absolute atomic E-state index is 0.440. The van der Waals surface area contributed by atoms with Crippen LogP contribution >= 0.6 is 15.9 Å². The largest absolute Gasteiger partial charge is 0.389 e. The van der Waals surface area contributed by atoms with Crippen molar-refractivity contribution in [2.75, 3.05) is 11.4 Å². The highest BCUT2D eigenvalue weighted by Gasteiger charge is 2.18. The molecule has 1 aromatic rings. The van der Waals surface area contributed by atoms with Crippen molar-refractivity contribution in [3.63, 3.8) is 0 Å². The van der Waals surface area contributed by atoms with Crippen LogP contribution in [0.1, 0.15) is 59.1 Å². The second-order valence-electron chi connectivity index (χ2n) is 5.90. The van der Waals surface area contributed by atoms with Gasteiger partial charge in [0.15, 0.2) is 0 Å². The van der Waals surface area contributed by atoms with E-state index in [4.69, 9.17) is 0 Å². The molecule has 20 heavy (non-hydrogen) atoms. The maximum Gasteiger partial charge on any atom is 0.0772 e. The number of nitrogens with zero attached hydrogens (tertiary/aromatic N) is 1. The number of hydrogen-bond acceptors (Lipinski definition) is 2. The summed E-state index contributed by atoms with van der Waals surface area (Å²) < 4.78 is 0.990. The van der Waals surface area contributed by atoms with E-state index in [1.807, 2.05) is 6.07 Å². The van der Waals surface area contributed by atoms with Crippen LogP contribution in [-0.4, -0.2) is 17.7 Å². The molecule has 0 aliphatic rings. The average Bonchev–Trinajstić information content (AvgIpc) is 2.37. The van der Waals surface area contributed by atoms with Gasteiger partial charge in [-0.1, -0.05) is 49.7 Å². The Hall–Kier alpha value is -0.540. The Morgan fingerprint density at radius 3 is 2.15 bits per heavy atom. The topological polar surface area (TPSA) is 23.5 Å². The summed E-state index contributed by atoms with van der Waals surface area (Å²) in [5.74, 6) is 0.630. The fourth-order valence-corrected chi connectivity index (χ4v) is 3.32. The van der Waals surface area contributed by atoms with Crippen LogP contribution in [0.25, 0.3) is 0 Å². The highest BCUT2D eigenvalue weighted by atomic mass is 79.9. The molecule has 2 nitrogen and oxygen atoms in total.